The molecule has 1 atom stereocenters. The molecule has 1 heterocycles. The summed E-state index contributed by atoms with van der Waals surface area (Å²) in [6, 6.07) is 14.7. The molecule has 7 nitrogen and oxygen atoms in total. The molecule has 9 heteroatoms. The summed E-state index contributed by atoms with van der Waals surface area (Å²) in [6.45, 7) is 1.75. The van der Waals surface area contributed by atoms with Gasteiger partial charge in [-0.05, 0) is 47.9 Å². The van der Waals surface area contributed by atoms with E-state index in [-0.39, 0.29) is 10.8 Å². The molecule has 0 radical (unpaired) electrons. The molecular weight excluding hydrogens is 417 g/mol. The predicted molar refractivity (Wildman–Crippen MR) is 108 cm³/mol. The monoisotopic (exact) mass is 429 g/mol. The lowest BCUT2D eigenvalue weighted by atomic mass is 9.91. The van der Waals surface area contributed by atoms with E-state index in [2.05, 4.69) is 11.4 Å². The minimum absolute atomic E-state index is 0.202. The lowest BCUT2D eigenvalue weighted by Gasteiger charge is -2.16. The number of nitriles is 1. The largest absolute Gasteiger partial charge is 0.433 e. The normalized spacial score (nSPS) is 11.5. The highest BCUT2D eigenvalue weighted by molar-refractivity contribution is 6.32. The highest BCUT2D eigenvalue weighted by atomic mass is 35.5. The molecule has 29 heavy (non-hydrogen) atoms. The molecule has 1 unspecified atom stereocenters. The number of hydrogen-bond acceptors (Lipinski definition) is 5. The van der Waals surface area contributed by atoms with E-state index in [0.717, 1.165) is 11.6 Å². The summed E-state index contributed by atoms with van der Waals surface area (Å²) in [5.74, 6) is -2.00. The van der Waals surface area contributed by atoms with Crippen LogP contribution in [0.1, 0.15) is 33.2 Å². The molecule has 1 aromatic heterocycles. The van der Waals surface area contributed by atoms with Gasteiger partial charge in [0, 0.05) is 15.7 Å². The molecule has 0 aliphatic heterocycles. The second-order valence-electron chi connectivity index (χ2n) is 6.15. The molecule has 0 saturated heterocycles. The van der Waals surface area contributed by atoms with Gasteiger partial charge in [-0.25, -0.2) is 0 Å². The van der Waals surface area contributed by atoms with Crippen molar-refractivity contribution in [1.82, 2.24) is 0 Å². The van der Waals surface area contributed by atoms with E-state index in [9.17, 15) is 20.2 Å². The Bertz CT molecular complexity index is 1130. The van der Waals surface area contributed by atoms with Crippen LogP contribution in [0.5, 0.6) is 0 Å². The zero-order chi connectivity index (χ0) is 21.1. The van der Waals surface area contributed by atoms with Crippen molar-refractivity contribution >= 4 is 40.7 Å². The lowest BCUT2D eigenvalue weighted by molar-refractivity contribution is -0.402. The fraction of sp³-hybridized carbons (Fsp3) is 0.100. The molecule has 0 fully saturated rings. The van der Waals surface area contributed by atoms with Crippen LogP contribution >= 0.6 is 23.2 Å². The van der Waals surface area contributed by atoms with Crippen molar-refractivity contribution in [2.45, 2.75) is 12.8 Å². The molecule has 1 N–H and O–H groups in total. The van der Waals surface area contributed by atoms with Gasteiger partial charge in [0.25, 0.3) is 5.91 Å². The van der Waals surface area contributed by atoms with Gasteiger partial charge in [0.1, 0.15) is 4.92 Å². The highest BCUT2D eigenvalue weighted by Crippen LogP contribution is 2.34. The topological polar surface area (TPSA) is 109 Å². The third kappa shape index (κ3) is 4.40. The summed E-state index contributed by atoms with van der Waals surface area (Å²) in [5, 5.41) is 23.8. The molecule has 3 aromatic rings. The van der Waals surface area contributed by atoms with Crippen LogP contribution in [-0.4, -0.2) is 10.8 Å². The standard InChI is InChI=1S/C20H13Cl2N3O4/c1-11-8-14(15(10-23)12-2-4-13(21)5-3-12)16(22)9-17(11)24-20(26)18-6-7-19(29-18)25(27)28/h2-9,15H,1H3,(H,24,26). The third-order valence-corrected chi connectivity index (χ3v) is 4.81. The summed E-state index contributed by atoms with van der Waals surface area (Å²) in [6.07, 6.45) is 0. The fourth-order valence-electron chi connectivity index (χ4n) is 2.77. The van der Waals surface area contributed by atoms with Crippen molar-refractivity contribution < 1.29 is 14.1 Å². The van der Waals surface area contributed by atoms with Crippen LogP contribution in [0.25, 0.3) is 0 Å². The minimum atomic E-state index is -0.730. The number of carbonyl (C=O) groups excluding carboxylic acids is 1. The van der Waals surface area contributed by atoms with Crippen molar-refractivity contribution in [2.75, 3.05) is 5.32 Å². The van der Waals surface area contributed by atoms with E-state index >= 15 is 0 Å². The Kier molecular flexibility index (Phi) is 5.87. The first-order chi connectivity index (χ1) is 13.8. The van der Waals surface area contributed by atoms with E-state index in [4.69, 9.17) is 27.6 Å². The zero-order valence-electron chi connectivity index (χ0n) is 15.0. The number of nitrogens with zero attached hydrogens (tertiary/aromatic N) is 2. The molecule has 0 spiro atoms. The van der Waals surface area contributed by atoms with Crippen molar-refractivity contribution in [3.8, 4) is 6.07 Å². The molecule has 0 aliphatic carbocycles. The van der Waals surface area contributed by atoms with Crippen LogP contribution < -0.4 is 5.32 Å². The second kappa shape index (κ2) is 8.35. The van der Waals surface area contributed by atoms with Crippen LogP contribution in [0.4, 0.5) is 11.6 Å². The number of rotatable bonds is 5. The van der Waals surface area contributed by atoms with E-state index in [1.165, 1.54) is 12.1 Å². The van der Waals surface area contributed by atoms with Crippen molar-refractivity contribution in [3.05, 3.63) is 91.1 Å². The van der Waals surface area contributed by atoms with Gasteiger partial charge in [0.05, 0.1) is 18.1 Å². The third-order valence-electron chi connectivity index (χ3n) is 4.23. The number of amides is 1. The number of aryl methyl sites for hydroxylation is 1. The number of nitro groups is 1. The van der Waals surface area contributed by atoms with E-state index in [1.807, 2.05) is 0 Å². The quantitative estimate of drug-likeness (QED) is 0.412. The maximum absolute atomic E-state index is 12.3. The summed E-state index contributed by atoms with van der Waals surface area (Å²) in [7, 11) is 0. The molecule has 0 bridgehead atoms. The van der Waals surface area contributed by atoms with Crippen LogP contribution in [0.15, 0.2) is 52.9 Å². The summed E-state index contributed by atoms with van der Waals surface area (Å²) in [4.78, 5) is 22.3. The van der Waals surface area contributed by atoms with E-state index in [0.29, 0.717) is 21.8 Å². The van der Waals surface area contributed by atoms with Crippen molar-refractivity contribution in [1.29, 1.82) is 5.26 Å². The Hall–Kier alpha value is -3.34. The maximum Gasteiger partial charge on any atom is 0.433 e. The Morgan fingerprint density at radius 2 is 1.90 bits per heavy atom. The van der Waals surface area contributed by atoms with Gasteiger partial charge in [0.2, 0.25) is 0 Å². The first-order valence-corrected chi connectivity index (χ1v) is 9.06. The van der Waals surface area contributed by atoms with Crippen LogP contribution in [-0.2, 0) is 0 Å². The first-order valence-electron chi connectivity index (χ1n) is 8.31. The average molecular weight is 430 g/mol. The number of nitrogens with one attached hydrogen (secondary N) is 1. The van der Waals surface area contributed by atoms with Crippen LogP contribution in [0, 0.1) is 28.4 Å². The van der Waals surface area contributed by atoms with E-state index < -0.39 is 22.6 Å². The van der Waals surface area contributed by atoms with E-state index in [1.54, 1.807) is 37.3 Å². The molecule has 1 amide bonds. The number of furan rings is 1. The number of anilines is 1. The van der Waals surface area contributed by atoms with Gasteiger partial charge in [0.15, 0.2) is 5.76 Å². The SMILES string of the molecule is Cc1cc(C(C#N)c2ccc(Cl)cc2)c(Cl)cc1NC(=O)c1ccc([N+](=O)[O-])o1. The summed E-state index contributed by atoms with van der Waals surface area (Å²) >= 11 is 12.3. The Labute approximate surface area is 175 Å². The number of benzene rings is 2. The van der Waals surface area contributed by atoms with Gasteiger partial charge in [-0.1, -0.05) is 41.4 Å². The molecule has 3 rings (SSSR count). The molecular formula is C20H13Cl2N3O4. The number of halogens is 2. The number of carbonyl (C=O) groups is 1. The summed E-state index contributed by atoms with van der Waals surface area (Å²) < 4.78 is 4.90. The molecule has 0 aliphatic rings. The first kappa shape index (κ1) is 20.4. The maximum atomic E-state index is 12.3. The Morgan fingerprint density at radius 3 is 2.48 bits per heavy atom. The number of hydrogen-bond donors (Lipinski definition) is 1. The summed E-state index contributed by atoms with van der Waals surface area (Å²) in [5.41, 5.74) is 2.38. The van der Waals surface area contributed by atoms with Gasteiger partial charge in [-0.15, -0.1) is 0 Å². The Morgan fingerprint density at radius 1 is 1.21 bits per heavy atom. The van der Waals surface area contributed by atoms with Gasteiger partial charge in [-0.3, -0.25) is 14.9 Å². The second-order valence-corrected chi connectivity index (χ2v) is 7.00. The molecule has 0 saturated carbocycles. The Balaban J connectivity index is 1.88. The average Bonchev–Trinajstić information content (AvgIpc) is 3.18. The zero-order valence-corrected chi connectivity index (χ0v) is 16.5. The molecule has 146 valence electrons. The van der Waals surface area contributed by atoms with Gasteiger partial charge >= 0.3 is 5.88 Å². The highest BCUT2D eigenvalue weighted by Gasteiger charge is 2.21. The smallest absolute Gasteiger partial charge is 0.395 e. The van der Waals surface area contributed by atoms with Crippen LogP contribution in [0.2, 0.25) is 10.0 Å². The van der Waals surface area contributed by atoms with Crippen molar-refractivity contribution in [3.63, 3.8) is 0 Å². The minimum Gasteiger partial charge on any atom is -0.395 e. The van der Waals surface area contributed by atoms with Gasteiger partial charge < -0.3 is 9.73 Å². The lowest BCUT2D eigenvalue weighted by Crippen LogP contribution is -2.12. The van der Waals surface area contributed by atoms with Gasteiger partial charge in [-0.2, -0.15) is 5.26 Å². The fourth-order valence-corrected chi connectivity index (χ4v) is 3.17. The molecule has 2 aromatic carbocycles. The predicted octanol–water partition coefficient (Wildman–Crippen LogP) is 5.71. The van der Waals surface area contributed by atoms with Crippen LogP contribution in [0.3, 0.4) is 0 Å². The van der Waals surface area contributed by atoms with Crippen molar-refractivity contribution in [2.24, 2.45) is 0 Å².